The fraction of sp³-hybridized carbons (Fsp3) is 0.133. The SMILES string of the molecule is CC(=O)[C@@H](Cc1ccc(-c2ccc(F)cc2)cc1Cl)NC(=O)c1cc(-c2ccc(C(F)(F)F)cc2)ccc1O. The van der Waals surface area contributed by atoms with Gasteiger partial charge in [0.25, 0.3) is 5.91 Å². The minimum absolute atomic E-state index is 0.0724. The molecule has 4 aromatic carbocycles. The molecular formula is C30H22ClF4NO3. The van der Waals surface area contributed by atoms with E-state index in [-0.39, 0.29) is 29.3 Å². The number of nitrogens with one attached hydrogen (secondary N) is 1. The van der Waals surface area contributed by atoms with Crippen LogP contribution in [0, 0.1) is 5.82 Å². The van der Waals surface area contributed by atoms with Crippen LogP contribution in [0.3, 0.4) is 0 Å². The predicted octanol–water partition coefficient (Wildman–Crippen LogP) is 7.47. The fourth-order valence-corrected chi connectivity index (χ4v) is 4.29. The fourth-order valence-electron chi connectivity index (χ4n) is 4.04. The number of aromatic hydroxyl groups is 1. The van der Waals surface area contributed by atoms with Crippen LogP contribution in [-0.2, 0) is 17.4 Å². The van der Waals surface area contributed by atoms with Gasteiger partial charge in [-0.25, -0.2) is 4.39 Å². The van der Waals surface area contributed by atoms with E-state index < -0.39 is 23.7 Å². The maximum Gasteiger partial charge on any atom is 0.416 e. The normalized spacial score (nSPS) is 12.2. The molecule has 0 fully saturated rings. The molecule has 0 bridgehead atoms. The lowest BCUT2D eigenvalue weighted by Crippen LogP contribution is -2.41. The molecule has 4 rings (SSSR count). The quantitative estimate of drug-likeness (QED) is 0.233. The molecule has 0 radical (unpaired) electrons. The first-order chi connectivity index (χ1) is 18.4. The number of phenolic OH excluding ortho intramolecular Hbond substituents is 1. The number of alkyl halides is 3. The second-order valence-corrected chi connectivity index (χ2v) is 9.37. The van der Waals surface area contributed by atoms with Gasteiger partial charge >= 0.3 is 6.18 Å². The summed E-state index contributed by atoms with van der Waals surface area (Å²) < 4.78 is 51.9. The maximum atomic E-state index is 13.2. The lowest BCUT2D eigenvalue weighted by atomic mass is 9.98. The van der Waals surface area contributed by atoms with Crippen LogP contribution in [0.25, 0.3) is 22.3 Å². The van der Waals surface area contributed by atoms with E-state index in [2.05, 4.69) is 5.32 Å². The van der Waals surface area contributed by atoms with Crippen molar-refractivity contribution in [1.29, 1.82) is 0 Å². The number of benzene rings is 4. The number of amides is 1. The largest absolute Gasteiger partial charge is 0.507 e. The second-order valence-electron chi connectivity index (χ2n) is 8.96. The van der Waals surface area contributed by atoms with Crippen LogP contribution >= 0.6 is 11.6 Å². The van der Waals surface area contributed by atoms with Crippen molar-refractivity contribution in [3.8, 4) is 28.0 Å². The lowest BCUT2D eigenvalue weighted by Gasteiger charge is -2.18. The molecule has 4 nitrogen and oxygen atoms in total. The Labute approximate surface area is 226 Å². The van der Waals surface area contributed by atoms with Gasteiger partial charge in [-0.15, -0.1) is 0 Å². The summed E-state index contributed by atoms with van der Waals surface area (Å²) in [6.07, 6.45) is -4.41. The van der Waals surface area contributed by atoms with Crippen LogP contribution < -0.4 is 5.32 Å². The number of ketones is 1. The van der Waals surface area contributed by atoms with Crippen molar-refractivity contribution in [3.63, 3.8) is 0 Å². The first-order valence-electron chi connectivity index (χ1n) is 11.8. The average molecular weight is 556 g/mol. The van der Waals surface area contributed by atoms with E-state index in [9.17, 15) is 32.3 Å². The zero-order chi connectivity index (χ0) is 28.3. The Balaban J connectivity index is 1.53. The highest BCUT2D eigenvalue weighted by molar-refractivity contribution is 6.31. The van der Waals surface area contributed by atoms with Crippen molar-refractivity contribution >= 4 is 23.3 Å². The summed E-state index contributed by atoms with van der Waals surface area (Å²) in [4.78, 5) is 25.4. The molecule has 9 heteroatoms. The number of rotatable bonds is 7. The van der Waals surface area contributed by atoms with Gasteiger partial charge < -0.3 is 10.4 Å². The number of carbonyl (C=O) groups excluding carboxylic acids is 2. The van der Waals surface area contributed by atoms with Crippen LogP contribution in [-0.4, -0.2) is 22.8 Å². The van der Waals surface area contributed by atoms with Gasteiger partial charge in [0.15, 0.2) is 5.78 Å². The monoisotopic (exact) mass is 555 g/mol. The Morgan fingerprint density at radius 2 is 1.38 bits per heavy atom. The van der Waals surface area contributed by atoms with Crippen LogP contribution in [0.5, 0.6) is 5.75 Å². The standard InChI is InChI=1S/C30H22ClF4NO3/c1-17(37)27(16-22-3-2-21(15-26(22)31)19-6-11-24(32)12-7-19)36-29(39)25-14-20(8-13-28(25)38)18-4-9-23(10-5-18)30(33,34)35/h2-15,27,38H,16H2,1H3,(H,36,39)/t27-/m1/s1. The minimum Gasteiger partial charge on any atom is -0.507 e. The zero-order valence-corrected chi connectivity index (χ0v) is 21.3. The van der Waals surface area contributed by atoms with Crippen molar-refractivity contribution in [2.45, 2.75) is 25.6 Å². The van der Waals surface area contributed by atoms with Gasteiger partial charge in [-0.1, -0.05) is 54.1 Å². The third kappa shape index (κ3) is 6.64. The van der Waals surface area contributed by atoms with Crippen molar-refractivity contribution in [2.75, 3.05) is 0 Å². The van der Waals surface area contributed by atoms with Crippen molar-refractivity contribution < 1.29 is 32.3 Å². The molecule has 0 heterocycles. The molecule has 0 aromatic heterocycles. The van der Waals surface area contributed by atoms with Crippen LogP contribution in [0.15, 0.2) is 84.9 Å². The predicted molar refractivity (Wildman–Crippen MR) is 141 cm³/mol. The molecule has 2 N–H and O–H groups in total. The van der Waals surface area contributed by atoms with Gasteiger partial charge in [-0.05, 0) is 77.2 Å². The number of halogens is 5. The molecule has 4 aromatic rings. The molecule has 0 aliphatic rings. The molecule has 200 valence electrons. The van der Waals surface area contributed by atoms with Crippen molar-refractivity contribution in [1.82, 2.24) is 5.32 Å². The highest BCUT2D eigenvalue weighted by Crippen LogP contribution is 2.32. The van der Waals surface area contributed by atoms with E-state index in [0.29, 0.717) is 21.7 Å². The molecule has 0 aliphatic heterocycles. The number of phenols is 1. The van der Waals surface area contributed by atoms with Crippen molar-refractivity contribution in [3.05, 3.63) is 112 Å². The maximum absolute atomic E-state index is 13.2. The number of carbonyl (C=O) groups is 2. The summed E-state index contributed by atoms with van der Waals surface area (Å²) in [5.74, 6) is -1.80. The van der Waals surface area contributed by atoms with Crippen LogP contribution in [0.4, 0.5) is 17.6 Å². The van der Waals surface area contributed by atoms with Gasteiger partial charge in [0, 0.05) is 11.4 Å². The Kier molecular flexibility index (Phi) is 8.06. The average Bonchev–Trinajstić information content (AvgIpc) is 2.89. The highest BCUT2D eigenvalue weighted by Gasteiger charge is 2.30. The summed E-state index contributed by atoms with van der Waals surface area (Å²) in [7, 11) is 0. The summed E-state index contributed by atoms with van der Waals surface area (Å²) in [5.41, 5.74) is 1.96. The molecule has 1 atom stereocenters. The number of hydrogen-bond donors (Lipinski definition) is 2. The molecule has 39 heavy (non-hydrogen) atoms. The van der Waals surface area contributed by atoms with E-state index >= 15 is 0 Å². The van der Waals surface area contributed by atoms with E-state index in [1.54, 1.807) is 30.3 Å². The molecule has 0 unspecified atom stereocenters. The molecule has 0 spiro atoms. The van der Waals surface area contributed by atoms with E-state index in [0.717, 1.165) is 23.3 Å². The molecular weight excluding hydrogens is 534 g/mol. The first-order valence-corrected chi connectivity index (χ1v) is 12.2. The van der Waals surface area contributed by atoms with Crippen LogP contribution in [0.2, 0.25) is 5.02 Å². The number of Topliss-reactive ketones (excluding diaryl/α,β-unsaturated/α-hetero) is 1. The van der Waals surface area contributed by atoms with Gasteiger partial charge in [0.05, 0.1) is 17.2 Å². The molecule has 1 amide bonds. The zero-order valence-electron chi connectivity index (χ0n) is 20.5. The highest BCUT2D eigenvalue weighted by atomic mass is 35.5. The minimum atomic E-state index is -4.48. The molecule has 0 aliphatic carbocycles. The Bertz CT molecular complexity index is 1520. The third-order valence-electron chi connectivity index (χ3n) is 6.24. The van der Waals surface area contributed by atoms with Gasteiger partial charge in [0.1, 0.15) is 11.6 Å². The van der Waals surface area contributed by atoms with E-state index in [4.69, 9.17) is 11.6 Å². The summed E-state index contributed by atoms with van der Waals surface area (Å²) in [6.45, 7) is 1.31. The van der Waals surface area contributed by atoms with Gasteiger partial charge in [-0.3, -0.25) is 9.59 Å². The topological polar surface area (TPSA) is 66.4 Å². The van der Waals surface area contributed by atoms with E-state index in [1.165, 1.54) is 49.4 Å². The Morgan fingerprint density at radius 3 is 1.95 bits per heavy atom. The Hall–Kier alpha value is -4.17. The molecule has 0 saturated carbocycles. The summed E-state index contributed by atoms with van der Waals surface area (Å²) >= 11 is 6.46. The lowest BCUT2D eigenvalue weighted by molar-refractivity contribution is -0.137. The number of hydrogen-bond acceptors (Lipinski definition) is 3. The van der Waals surface area contributed by atoms with Gasteiger partial charge in [0.2, 0.25) is 0 Å². The second kappa shape index (κ2) is 11.3. The smallest absolute Gasteiger partial charge is 0.416 e. The summed E-state index contributed by atoms with van der Waals surface area (Å²) in [6, 6.07) is 18.6. The third-order valence-corrected chi connectivity index (χ3v) is 6.59. The first kappa shape index (κ1) is 27.9. The summed E-state index contributed by atoms with van der Waals surface area (Å²) in [5, 5.41) is 13.3. The van der Waals surface area contributed by atoms with Gasteiger partial charge in [-0.2, -0.15) is 13.2 Å². The van der Waals surface area contributed by atoms with E-state index in [1.807, 2.05) is 0 Å². The molecule has 0 saturated heterocycles. The van der Waals surface area contributed by atoms with Crippen molar-refractivity contribution in [2.24, 2.45) is 0 Å². The van der Waals surface area contributed by atoms with Crippen LogP contribution in [0.1, 0.15) is 28.4 Å². The Morgan fingerprint density at radius 1 is 0.846 bits per heavy atom.